The van der Waals surface area contributed by atoms with Crippen molar-refractivity contribution in [3.05, 3.63) is 53.6 Å². The summed E-state index contributed by atoms with van der Waals surface area (Å²) in [5, 5.41) is 10.9. The van der Waals surface area contributed by atoms with E-state index in [-0.39, 0.29) is 22.8 Å². The van der Waals surface area contributed by atoms with Gasteiger partial charge in [-0.1, -0.05) is 108 Å². The van der Waals surface area contributed by atoms with Crippen molar-refractivity contribution in [2.45, 2.75) is 90.9 Å². The second-order valence-electron chi connectivity index (χ2n) is 8.72. The van der Waals surface area contributed by atoms with Crippen LogP contribution < -0.4 is 9.47 Å². The molecule has 0 aromatic heterocycles. The van der Waals surface area contributed by atoms with Crippen LogP contribution in [0, 0.1) is 0 Å². The van der Waals surface area contributed by atoms with E-state index in [2.05, 4.69) is 13.8 Å². The molecule has 182 valence electrons. The first kappa shape index (κ1) is 26.8. The number of unbranched alkanes of at least 4 members (excludes halogenated alkanes) is 10. The second-order valence-corrected chi connectivity index (χ2v) is 8.72. The SMILES string of the molecule is CCCCCCCCOc1ccc(C(=O)c2ccccc2)c(O)c1OCCCCCCCC. The Hall–Kier alpha value is -2.49. The lowest BCUT2D eigenvalue weighted by molar-refractivity contribution is 0.103. The summed E-state index contributed by atoms with van der Waals surface area (Å²) in [7, 11) is 0. The highest BCUT2D eigenvalue weighted by Gasteiger charge is 2.21. The van der Waals surface area contributed by atoms with Gasteiger partial charge in [0.15, 0.2) is 17.3 Å². The molecule has 0 heterocycles. The van der Waals surface area contributed by atoms with Crippen molar-refractivity contribution in [1.29, 1.82) is 0 Å². The Bertz CT molecular complexity index is 801. The molecule has 4 nitrogen and oxygen atoms in total. The van der Waals surface area contributed by atoms with Crippen molar-refractivity contribution in [1.82, 2.24) is 0 Å². The van der Waals surface area contributed by atoms with Crippen molar-refractivity contribution >= 4 is 5.78 Å². The van der Waals surface area contributed by atoms with Gasteiger partial charge in [-0.3, -0.25) is 4.79 Å². The highest BCUT2D eigenvalue weighted by molar-refractivity contribution is 6.11. The third-order valence-corrected chi connectivity index (χ3v) is 5.88. The first-order valence-electron chi connectivity index (χ1n) is 12.9. The van der Waals surface area contributed by atoms with Crippen LogP contribution >= 0.6 is 0 Å². The molecule has 0 aliphatic rings. The van der Waals surface area contributed by atoms with Crippen LogP contribution in [0.15, 0.2) is 42.5 Å². The number of ether oxygens (including phenoxy) is 2. The zero-order valence-electron chi connectivity index (χ0n) is 20.6. The van der Waals surface area contributed by atoms with E-state index in [1.165, 1.54) is 51.4 Å². The highest BCUT2D eigenvalue weighted by Crippen LogP contribution is 2.40. The van der Waals surface area contributed by atoms with Gasteiger partial charge < -0.3 is 14.6 Å². The number of phenolic OH excluding ortho intramolecular Hbond substituents is 1. The van der Waals surface area contributed by atoms with Crippen LogP contribution in [0.4, 0.5) is 0 Å². The van der Waals surface area contributed by atoms with E-state index in [0.717, 1.165) is 25.7 Å². The number of hydrogen-bond acceptors (Lipinski definition) is 4. The van der Waals surface area contributed by atoms with Gasteiger partial charge in [-0.15, -0.1) is 0 Å². The lowest BCUT2D eigenvalue weighted by atomic mass is 10.0. The summed E-state index contributed by atoms with van der Waals surface area (Å²) in [6, 6.07) is 12.4. The average molecular weight is 455 g/mol. The lowest BCUT2D eigenvalue weighted by Crippen LogP contribution is -2.07. The molecule has 4 heteroatoms. The zero-order chi connectivity index (χ0) is 23.7. The summed E-state index contributed by atoms with van der Waals surface area (Å²) in [4.78, 5) is 12.9. The van der Waals surface area contributed by atoms with Crippen LogP contribution in [-0.2, 0) is 0 Å². The van der Waals surface area contributed by atoms with Gasteiger partial charge in [0.05, 0.1) is 18.8 Å². The Morgan fingerprint density at radius 3 is 1.85 bits per heavy atom. The van der Waals surface area contributed by atoms with Crippen molar-refractivity contribution in [2.75, 3.05) is 13.2 Å². The molecule has 0 saturated carbocycles. The maximum atomic E-state index is 12.9. The third kappa shape index (κ3) is 9.49. The summed E-state index contributed by atoms with van der Waals surface area (Å²) < 4.78 is 12.0. The molecule has 0 aliphatic heterocycles. The van der Waals surface area contributed by atoms with Crippen molar-refractivity contribution in [3.63, 3.8) is 0 Å². The first-order valence-corrected chi connectivity index (χ1v) is 12.9. The smallest absolute Gasteiger partial charge is 0.204 e. The summed E-state index contributed by atoms with van der Waals surface area (Å²) in [5.41, 5.74) is 0.779. The number of phenols is 1. The fourth-order valence-electron chi connectivity index (χ4n) is 3.86. The van der Waals surface area contributed by atoms with Crippen LogP contribution in [0.3, 0.4) is 0 Å². The molecule has 0 fully saturated rings. The quantitative estimate of drug-likeness (QED) is 0.183. The minimum Gasteiger partial charge on any atom is -0.504 e. The molecule has 2 aromatic carbocycles. The standard InChI is InChI=1S/C29H42O4/c1-3-5-7-9-11-16-22-32-26-21-20-25(27(30)24-18-14-13-15-19-24)28(31)29(26)33-23-17-12-10-8-6-4-2/h13-15,18-21,31H,3-12,16-17,22-23H2,1-2H3. The predicted octanol–water partition coefficient (Wildman–Crippen LogP) is 8.10. The van der Waals surface area contributed by atoms with E-state index < -0.39 is 0 Å². The number of rotatable bonds is 18. The van der Waals surface area contributed by atoms with Crippen LogP contribution in [0.2, 0.25) is 0 Å². The molecular weight excluding hydrogens is 412 g/mol. The zero-order valence-corrected chi connectivity index (χ0v) is 20.6. The number of benzene rings is 2. The first-order chi connectivity index (χ1) is 16.2. The summed E-state index contributed by atoms with van der Waals surface area (Å²) >= 11 is 0. The molecule has 0 bridgehead atoms. The van der Waals surface area contributed by atoms with Gasteiger partial charge in [-0.05, 0) is 25.0 Å². The molecule has 33 heavy (non-hydrogen) atoms. The minimum atomic E-state index is -0.222. The Morgan fingerprint density at radius 1 is 0.697 bits per heavy atom. The number of ketones is 1. The third-order valence-electron chi connectivity index (χ3n) is 5.88. The lowest BCUT2D eigenvalue weighted by Gasteiger charge is -2.16. The molecule has 0 saturated heterocycles. The number of hydrogen-bond donors (Lipinski definition) is 1. The molecule has 1 N–H and O–H groups in total. The monoisotopic (exact) mass is 454 g/mol. The van der Waals surface area contributed by atoms with Crippen LogP contribution in [0.5, 0.6) is 17.2 Å². The van der Waals surface area contributed by atoms with Crippen LogP contribution in [0.1, 0.15) is 107 Å². The van der Waals surface area contributed by atoms with E-state index >= 15 is 0 Å². The summed E-state index contributed by atoms with van der Waals surface area (Å²) in [6.45, 7) is 5.50. The Balaban J connectivity index is 2.03. The van der Waals surface area contributed by atoms with Crippen LogP contribution in [-0.4, -0.2) is 24.1 Å². The minimum absolute atomic E-state index is 0.129. The number of aromatic hydroxyl groups is 1. The van der Waals surface area contributed by atoms with Crippen LogP contribution in [0.25, 0.3) is 0 Å². The van der Waals surface area contributed by atoms with Gasteiger partial charge >= 0.3 is 0 Å². The summed E-state index contributed by atoms with van der Waals surface area (Å²) in [6.07, 6.45) is 14.0. The number of carbonyl (C=O) groups excluding carboxylic acids is 1. The largest absolute Gasteiger partial charge is 0.504 e. The van der Waals surface area contributed by atoms with Crippen molar-refractivity contribution < 1.29 is 19.4 Å². The molecule has 0 spiro atoms. The molecule has 0 amide bonds. The van der Waals surface area contributed by atoms with Gasteiger partial charge in [-0.2, -0.15) is 0 Å². The second kappa shape index (κ2) is 16.2. The molecule has 0 unspecified atom stereocenters. The Labute approximate surface area is 200 Å². The van der Waals surface area contributed by atoms with Gasteiger partial charge in [0.1, 0.15) is 0 Å². The Morgan fingerprint density at radius 2 is 1.24 bits per heavy atom. The van der Waals surface area contributed by atoms with E-state index in [4.69, 9.17) is 9.47 Å². The molecule has 2 rings (SSSR count). The van der Waals surface area contributed by atoms with E-state index in [0.29, 0.717) is 24.5 Å². The fourth-order valence-corrected chi connectivity index (χ4v) is 3.86. The maximum absolute atomic E-state index is 12.9. The van der Waals surface area contributed by atoms with E-state index in [1.54, 1.807) is 24.3 Å². The normalized spacial score (nSPS) is 10.8. The van der Waals surface area contributed by atoms with E-state index in [9.17, 15) is 9.90 Å². The molecular formula is C29H42O4. The predicted molar refractivity (Wildman–Crippen MR) is 136 cm³/mol. The number of carbonyl (C=O) groups is 1. The fraction of sp³-hybridized carbons (Fsp3) is 0.552. The van der Waals surface area contributed by atoms with Gasteiger partial charge in [-0.25, -0.2) is 0 Å². The van der Waals surface area contributed by atoms with E-state index in [1.807, 2.05) is 18.2 Å². The average Bonchev–Trinajstić information content (AvgIpc) is 2.84. The molecule has 0 radical (unpaired) electrons. The topological polar surface area (TPSA) is 55.8 Å². The summed E-state index contributed by atoms with van der Waals surface area (Å²) in [5.74, 6) is 0.447. The molecule has 2 aromatic rings. The van der Waals surface area contributed by atoms with Crippen molar-refractivity contribution in [2.24, 2.45) is 0 Å². The highest BCUT2D eigenvalue weighted by atomic mass is 16.5. The van der Waals surface area contributed by atoms with Gasteiger partial charge in [0.25, 0.3) is 0 Å². The maximum Gasteiger partial charge on any atom is 0.204 e. The molecule has 0 atom stereocenters. The van der Waals surface area contributed by atoms with Gasteiger partial charge in [0, 0.05) is 5.56 Å². The van der Waals surface area contributed by atoms with Gasteiger partial charge in [0.2, 0.25) is 5.75 Å². The van der Waals surface area contributed by atoms with Crippen molar-refractivity contribution in [3.8, 4) is 17.2 Å². The molecule has 0 aliphatic carbocycles. The Kier molecular flexibility index (Phi) is 13.1.